The molecule has 2 aliphatic heterocycles. The van der Waals surface area contributed by atoms with Crippen molar-refractivity contribution in [3.8, 4) is 5.75 Å². The van der Waals surface area contributed by atoms with Crippen LogP contribution in [0.3, 0.4) is 0 Å². The Morgan fingerprint density at radius 3 is 2.71 bits per heavy atom. The van der Waals surface area contributed by atoms with E-state index in [1.807, 2.05) is 4.90 Å². The van der Waals surface area contributed by atoms with Crippen LogP contribution in [0.15, 0.2) is 18.2 Å². The van der Waals surface area contributed by atoms with Gasteiger partial charge < -0.3 is 15.0 Å². The molecule has 1 aromatic rings. The maximum absolute atomic E-state index is 12.7. The van der Waals surface area contributed by atoms with Gasteiger partial charge in [-0.15, -0.1) is 0 Å². The summed E-state index contributed by atoms with van der Waals surface area (Å²) in [5.41, 5.74) is 0.892. The summed E-state index contributed by atoms with van der Waals surface area (Å²) in [5.74, 6) is 0.536. The lowest BCUT2D eigenvalue weighted by Crippen LogP contribution is -2.44. The van der Waals surface area contributed by atoms with Gasteiger partial charge in [-0.25, -0.2) is 0 Å². The number of carbonyl (C=O) groups is 1. The highest BCUT2D eigenvalue weighted by atomic mass is 35.5. The summed E-state index contributed by atoms with van der Waals surface area (Å²) in [7, 11) is 1.57. The van der Waals surface area contributed by atoms with Crippen molar-refractivity contribution in [2.45, 2.75) is 19.3 Å². The normalized spacial score (nSPS) is 20.8. The molecule has 1 spiro atoms. The van der Waals surface area contributed by atoms with Crippen molar-refractivity contribution in [3.63, 3.8) is 0 Å². The number of hydrogen-bond acceptors (Lipinski definition) is 3. The number of carbonyl (C=O) groups excluding carboxylic acids is 1. The largest absolute Gasteiger partial charge is 0.496 e. The first-order chi connectivity index (χ1) is 10.2. The molecule has 3 rings (SSSR count). The van der Waals surface area contributed by atoms with Crippen LogP contribution in [0.2, 0.25) is 5.02 Å². The van der Waals surface area contributed by atoms with Crippen molar-refractivity contribution in [3.05, 3.63) is 28.8 Å². The van der Waals surface area contributed by atoms with Crippen LogP contribution in [0.5, 0.6) is 5.75 Å². The summed E-state index contributed by atoms with van der Waals surface area (Å²) in [6.07, 6.45) is 3.36. The molecule has 0 aromatic heterocycles. The summed E-state index contributed by atoms with van der Waals surface area (Å²) in [4.78, 5) is 14.7. The molecular weight excluding hydrogens is 288 g/mol. The highest BCUT2D eigenvalue weighted by Crippen LogP contribution is 2.38. The number of halogens is 1. The summed E-state index contributed by atoms with van der Waals surface area (Å²) in [6, 6.07) is 5.32. The molecule has 2 aliphatic rings. The van der Waals surface area contributed by atoms with Crippen molar-refractivity contribution >= 4 is 17.5 Å². The van der Waals surface area contributed by atoms with Gasteiger partial charge in [0.1, 0.15) is 11.3 Å². The lowest BCUT2D eigenvalue weighted by molar-refractivity contribution is 0.0605. The first-order valence-electron chi connectivity index (χ1n) is 7.48. The Morgan fingerprint density at radius 1 is 1.33 bits per heavy atom. The van der Waals surface area contributed by atoms with Gasteiger partial charge >= 0.3 is 0 Å². The molecule has 0 bridgehead atoms. The fourth-order valence-corrected chi connectivity index (χ4v) is 3.69. The quantitative estimate of drug-likeness (QED) is 0.913. The van der Waals surface area contributed by atoms with E-state index in [9.17, 15) is 4.79 Å². The van der Waals surface area contributed by atoms with Crippen molar-refractivity contribution in [2.75, 3.05) is 33.3 Å². The molecule has 0 radical (unpaired) electrons. The smallest absolute Gasteiger partial charge is 0.259 e. The van der Waals surface area contributed by atoms with Gasteiger partial charge in [0.05, 0.1) is 12.1 Å². The van der Waals surface area contributed by atoms with E-state index in [0.717, 1.165) is 39.0 Å². The third kappa shape index (κ3) is 2.74. The van der Waals surface area contributed by atoms with Crippen molar-refractivity contribution in [2.24, 2.45) is 5.41 Å². The van der Waals surface area contributed by atoms with E-state index in [-0.39, 0.29) is 5.91 Å². The molecule has 0 atom stereocenters. The number of rotatable bonds is 2. The molecule has 2 fully saturated rings. The molecule has 1 aromatic carbocycles. The standard InChI is InChI=1S/C16H21ClN2O2/c1-21-13-4-2-3-12(17)14(13)15(20)19-9-6-16(7-10-19)5-8-18-11-16/h2-4,18H,5-11H2,1H3. The molecule has 1 amide bonds. The van der Waals surface area contributed by atoms with E-state index >= 15 is 0 Å². The van der Waals surface area contributed by atoms with Gasteiger partial charge in [0.2, 0.25) is 0 Å². The molecule has 0 saturated carbocycles. The highest BCUT2D eigenvalue weighted by Gasteiger charge is 2.38. The molecule has 21 heavy (non-hydrogen) atoms. The molecule has 4 nitrogen and oxygen atoms in total. The predicted molar refractivity (Wildman–Crippen MR) is 83.1 cm³/mol. The van der Waals surface area contributed by atoms with Gasteiger partial charge in [-0.05, 0) is 43.4 Å². The third-order valence-electron chi connectivity index (χ3n) is 4.85. The Kier molecular flexibility index (Phi) is 4.09. The van der Waals surface area contributed by atoms with Gasteiger partial charge in [-0.3, -0.25) is 4.79 Å². The Bertz CT molecular complexity index is 531. The first kappa shape index (κ1) is 14.7. The second-order valence-corrected chi connectivity index (χ2v) is 6.44. The van der Waals surface area contributed by atoms with Crippen molar-refractivity contribution < 1.29 is 9.53 Å². The zero-order valence-corrected chi connectivity index (χ0v) is 13.1. The van der Waals surface area contributed by atoms with E-state index in [1.54, 1.807) is 25.3 Å². The zero-order valence-electron chi connectivity index (χ0n) is 12.3. The van der Waals surface area contributed by atoms with E-state index in [0.29, 0.717) is 21.8 Å². The number of nitrogens with one attached hydrogen (secondary N) is 1. The summed E-state index contributed by atoms with van der Waals surface area (Å²) < 4.78 is 5.29. The number of methoxy groups -OCH3 is 1. The third-order valence-corrected chi connectivity index (χ3v) is 5.17. The van der Waals surface area contributed by atoms with E-state index in [2.05, 4.69) is 5.32 Å². The lowest BCUT2D eigenvalue weighted by atomic mass is 9.78. The molecule has 5 heteroatoms. The van der Waals surface area contributed by atoms with Crippen LogP contribution in [0.1, 0.15) is 29.6 Å². The van der Waals surface area contributed by atoms with Crippen molar-refractivity contribution in [1.82, 2.24) is 10.2 Å². The highest BCUT2D eigenvalue weighted by molar-refractivity contribution is 6.34. The molecule has 0 aliphatic carbocycles. The topological polar surface area (TPSA) is 41.6 Å². The van der Waals surface area contributed by atoms with Gasteiger partial charge in [0.25, 0.3) is 5.91 Å². The number of hydrogen-bond donors (Lipinski definition) is 1. The molecule has 0 unspecified atom stereocenters. The maximum atomic E-state index is 12.7. The Morgan fingerprint density at radius 2 is 2.10 bits per heavy atom. The first-order valence-corrected chi connectivity index (χ1v) is 7.85. The minimum Gasteiger partial charge on any atom is -0.496 e. The Labute approximate surface area is 130 Å². The van der Waals surface area contributed by atoms with Crippen LogP contribution in [0.25, 0.3) is 0 Å². The van der Waals surface area contributed by atoms with Crippen LogP contribution in [-0.2, 0) is 0 Å². The minimum atomic E-state index is -0.0155. The average Bonchev–Trinajstić information content (AvgIpc) is 2.95. The fourth-order valence-electron chi connectivity index (χ4n) is 3.45. The number of piperidine rings is 1. The summed E-state index contributed by atoms with van der Waals surface area (Å²) >= 11 is 6.21. The van der Waals surface area contributed by atoms with Crippen LogP contribution in [0.4, 0.5) is 0 Å². The number of ether oxygens (including phenoxy) is 1. The molecular formula is C16H21ClN2O2. The van der Waals surface area contributed by atoms with Gasteiger partial charge in [0.15, 0.2) is 0 Å². The summed E-state index contributed by atoms with van der Waals surface area (Å²) in [6.45, 7) is 3.79. The Balaban J connectivity index is 1.75. The van der Waals surface area contributed by atoms with Gasteiger partial charge in [-0.1, -0.05) is 17.7 Å². The Hall–Kier alpha value is -1.26. The van der Waals surface area contributed by atoms with Crippen LogP contribution < -0.4 is 10.1 Å². The van der Waals surface area contributed by atoms with E-state index in [4.69, 9.17) is 16.3 Å². The molecule has 2 heterocycles. The number of nitrogens with zero attached hydrogens (tertiary/aromatic N) is 1. The van der Waals surface area contributed by atoms with Gasteiger partial charge in [0, 0.05) is 19.6 Å². The van der Waals surface area contributed by atoms with E-state index in [1.165, 1.54) is 6.42 Å². The SMILES string of the molecule is COc1cccc(Cl)c1C(=O)N1CCC2(CCNC2)CC1. The number of benzene rings is 1. The summed E-state index contributed by atoms with van der Waals surface area (Å²) in [5, 5.41) is 3.90. The predicted octanol–water partition coefficient (Wildman–Crippen LogP) is 2.56. The molecule has 2 saturated heterocycles. The minimum absolute atomic E-state index is 0.0155. The van der Waals surface area contributed by atoms with Crippen LogP contribution >= 0.6 is 11.6 Å². The lowest BCUT2D eigenvalue weighted by Gasteiger charge is -2.39. The number of likely N-dealkylation sites (tertiary alicyclic amines) is 1. The zero-order chi connectivity index (χ0) is 14.9. The van der Waals surface area contributed by atoms with Crippen LogP contribution in [-0.4, -0.2) is 44.1 Å². The maximum Gasteiger partial charge on any atom is 0.259 e. The fraction of sp³-hybridized carbons (Fsp3) is 0.562. The van der Waals surface area contributed by atoms with Gasteiger partial charge in [-0.2, -0.15) is 0 Å². The van der Waals surface area contributed by atoms with E-state index < -0.39 is 0 Å². The second kappa shape index (κ2) is 5.85. The number of amides is 1. The average molecular weight is 309 g/mol. The molecule has 114 valence electrons. The molecule has 1 N–H and O–H groups in total. The monoisotopic (exact) mass is 308 g/mol. The van der Waals surface area contributed by atoms with Crippen LogP contribution in [0, 0.1) is 5.41 Å². The van der Waals surface area contributed by atoms with Crippen molar-refractivity contribution in [1.29, 1.82) is 0 Å². The second-order valence-electron chi connectivity index (χ2n) is 6.04.